The zero-order valence-electron chi connectivity index (χ0n) is 6.48. The summed E-state index contributed by atoms with van der Waals surface area (Å²) < 4.78 is 1.48. The van der Waals surface area contributed by atoms with Gasteiger partial charge in [0, 0.05) is 17.6 Å². The van der Waals surface area contributed by atoms with Crippen LogP contribution in [0.1, 0.15) is 0 Å². The fraction of sp³-hybridized carbons (Fsp3) is 0.375. The van der Waals surface area contributed by atoms with E-state index in [4.69, 9.17) is 0 Å². The molecule has 1 N–H and O–H groups in total. The predicted molar refractivity (Wildman–Crippen MR) is 50.5 cm³/mol. The highest BCUT2D eigenvalue weighted by molar-refractivity contribution is 9.09. The molecule has 1 heterocycles. The standard InChI is InChI=1S/C8H10BrNO2/c9-5-7(11)6-10-4-2-1-3-8(10)12/h1-4,7,11H,5-6H2. The Kier molecular flexibility index (Phi) is 3.49. The van der Waals surface area contributed by atoms with E-state index in [0.29, 0.717) is 11.9 Å². The lowest BCUT2D eigenvalue weighted by atomic mass is 10.4. The largest absolute Gasteiger partial charge is 0.390 e. The maximum absolute atomic E-state index is 11.1. The molecule has 1 rings (SSSR count). The quantitative estimate of drug-likeness (QED) is 0.775. The Hall–Kier alpha value is -0.610. The molecule has 66 valence electrons. The molecule has 0 aliphatic heterocycles. The van der Waals surface area contributed by atoms with Gasteiger partial charge in [0.25, 0.3) is 5.56 Å². The molecule has 12 heavy (non-hydrogen) atoms. The van der Waals surface area contributed by atoms with Crippen molar-refractivity contribution in [2.24, 2.45) is 0 Å². The third-order valence-electron chi connectivity index (χ3n) is 1.48. The van der Waals surface area contributed by atoms with Crippen molar-refractivity contribution in [1.82, 2.24) is 4.57 Å². The number of aliphatic hydroxyl groups is 1. The van der Waals surface area contributed by atoms with Gasteiger partial charge >= 0.3 is 0 Å². The molecule has 0 saturated heterocycles. The molecule has 0 radical (unpaired) electrons. The number of rotatable bonds is 3. The lowest BCUT2D eigenvalue weighted by Gasteiger charge is -2.08. The maximum atomic E-state index is 11.1. The molecular formula is C8H10BrNO2. The number of hydrogen-bond acceptors (Lipinski definition) is 2. The van der Waals surface area contributed by atoms with Gasteiger partial charge in [-0.15, -0.1) is 0 Å². The molecule has 1 atom stereocenters. The van der Waals surface area contributed by atoms with Crippen molar-refractivity contribution >= 4 is 15.9 Å². The van der Waals surface area contributed by atoms with Gasteiger partial charge in [-0.05, 0) is 6.07 Å². The number of alkyl halides is 1. The van der Waals surface area contributed by atoms with Crippen LogP contribution >= 0.6 is 15.9 Å². The molecule has 0 aromatic carbocycles. The maximum Gasteiger partial charge on any atom is 0.250 e. The second-order valence-corrected chi connectivity index (χ2v) is 3.15. The van der Waals surface area contributed by atoms with Crippen LogP contribution in [0.4, 0.5) is 0 Å². The summed E-state index contributed by atoms with van der Waals surface area (Å²) in [6.45, 7) is 0.338. The van der Waals surface area contributed by atoms with Gasteiger partial charge in [-0.2, -0.15) is 0 Å². The number of pyridine rings is 1. The fourth-order valence-corrected chi connectivity index (χ4v) is 1.09. The van der Waals surface area contributed by atoms with Gasteiger partial charge < -0.3 is 9.67 Å². The molecule has 0 aliphatic carbocycles. The Balaban J connectivity index is 2.76. The van der Waals surface area contributed by atoms with Crippen LogP contribution in [0.3, 0.4) is 0 Å². The molecule has 3 nitrogen and oxygen atoms in total. The minimum atomic E-state index is -0.509. The fourth-order valence-electron chi connectivity index (χ4n) is 0.887. The summed E-state index contributed by atoms with van der Waals surface area (Å²) in [6.07, 6.45) is 1.15. The average Bonchev–Trinajstić information content (AvgIpc) is 2.09. The van der Waals surface area contributed by atoms with Crippen molar-refractivity contribution in [2.75, 3.05) is 5.33 Å². The number of halogens is 1. The van der Waals surface area contributed by atoms with E-state index in [1.54, 1.807) is 18.3 Å². The molecule has 0 amide bonds. The van der Waals surface area contributed by atoms with E-state index in [0.717, 1.165) is 0 Å². The molecule has 0 spiro atoms. The van der Waals surface area contributed by atoms with Crippen LogP contribution in [0.2, 0.25) is 0 Å². The van der Waals surface area contributed by atoms with Crippen molar-refractivity contribution in [1.29, 1.82) is 0 Å². The van der Waals surface area contributed by atoms with Crippen LogP contribution in [0, 0.1) is 0 Å². The van der Waals surface area contributed by atoms with Gasteiger partial charge in [-0.1, -0.05) is 22.0 Å². The topological polar surface area (TPSA) is 42.2 Å². The van der Waals surface area contributed by atoms with E-state index in [-0.39, 0.29) is 5.56 Å². The summed E-state index contributed by atoms with van der Waals surface area (Å²) >= 11 is 3.13. The van der Waals surface area contributed by atoms with E-state index in [1.807, 2.05) is 0 Å². The second-order valence-electron chi connectivity index (χ2n) is 2.50. The van der Waals surface area contributed by atoms with Crippen LogP contribution in [-0.2, 0) is 6.54 Å². The van der Waals surface area contributed by atoms with E-state index >= 15 is 0 Å². The summed E-state index contributed by atoms with van der Waals surface area (Å²) in [4.78, 5) is 11.1. The minimum Gasteiger partial charge on any atom is -0.390 e. The van der Waals surface area contributed by atoms with Gasteiger partial charge in [0.1, 0.15) is 0 Å². The van der Waals surface area contributed by atoms with Crippen LogP contribution in [0.15, 0.2) is 29.2 Å². The number of nitrogens with zero attached hydrogens (tertiary/aromatic N) is 1. The predicted octanol–water partition coefficient (Wildman–Crippen LogP) is 0.604. The van der Waals surface area contributed by atoms with Crippen molar-refractivity contribution in [3.63, 3.8) is 0 Å². The Morgan fingerprint density at radius 1 is 1.58 bits per heavy atom. The normalized spacial score (nSPS) is 12.8. The SMILES string of the molecule is O=c1ccccn1CC(O)CBr. The van der Waals surface area contributed by atoms with Crippen LogP contribution < -0.4 is 5.56 Å². The first-order valence-electron chi connectivity index (χ1n) is 3.63. The van der Waals surface area contributed by atoms with Crippen LogP contribution in [0.25, 0.3) is 0 Å². The van der Waals surface area contributed by atoms with Gasteiger partial charge in [0.05, 0.1) is 12.6 Å². The van der Waals surface area contributed by atoms with Gasteiger partial charge in [0.2, 0.25) is 0 Å². The zero-order valence-corrected chi connectivity index (χ0v) is 8.07. The first kappa shape index (κ1) is 9.48. The van der Waals surface area contributed by atoms with Gasteiger partial charge in [-0.25, -0.2) is 0 Å². The van der Waals surface area contributed by atoms with E-state index in [2.05, 4.69) is 15.9 Å². The summed E-state index contributed by atoms with van der Waals surface area (Å²) in [6, 6.07) is 4.92. The van der Waals surface area contributed by atoms with Crippen molar-refractivity contribution in [3.05, 3.63) is 34.7 Å². The van der Waals surface area contributed by atoms with Crippen LogP contribution in [0.5, 0.6) is 0 Å². The van der Waals surface area contributed by atoms with Gasteiger partial charge in [-0.3, -0.25) is 4.79 Å². The van der Waals surface area contributed by atoms with Crippen LogP contribution in [-0.4, -0.2) is 21.1 Å². The number of aromatic nitrogens is 1. The molecule has 4 heteroatoms. The Morgan fingerprint density at radius 2 is 2.33 bits per heavy atom. The summed E-state index contributed by atoms with van der Waals surface area (Å²) in [5, 5.41) is 9.71. The first-order chi connectivity index (χ1) is 5.74. The molecule has 1 unspecified atom stereocenters. The molecule has 1 aromatic rings. The lowest BCUT2D eigenvalue weighted by molar-refractivity contribution is 0.178. The first-order valence-corrected chi connectivity index (χ1v) is 4.75. The van der Waals surface area contributed by atoms with Gasteiger partial charge in [0.15, 0.2) is 0 Å². The molecule has 0 aliphatic rings. The summed E-state index contributed by atoms with van der Waals surface area (Å²) in [5.41, 5.74) is -0.0856. The smallest absolute Gasteiger partial charge is 0.250 e. The monoisotopic (exact) mass is 231 g/mol. The van der Waals surface area contributed by atoms with E-state index < -0.39 is 6.10 Å². The highest BCUT2D eigenvalue weighted by Gasteiger charge is 2.02. The molecule has 0 bridgehead atoms. The number of hydrogen-bond donors (Lipinski definition) is 1. The Labute approximate surface area is 78.8 Å². The second kappa shape index (κ2) is 4.42. The summed E-state index contributed by atoms with van der Waals surface area (Å²) in [5.74, 6) is 0. The Bertz CT molecular complexity index is 297. The molecule has 0 fully saturated rings. The molecule has 0 saturated carbocycles. The molecular weight excluding hydrogens is 222 g/mol. The van der Waals surface area contributed by atoms with Crippen molar-refractivity contribution in [2.45, 2.75) is 12.6 Å². The van der Waals surface area contributed by atoms with Crippen molar-refractivity contribution in [3.8, 4) is 0 Å². The average molecular weight is 232 g/mol. The Morgan fingerprint density at radius 3 is 2.92 bits per heavy atom. The molecule has 1 aromatic heterocycles. The van der Waals surface area contributed by atoms with Crippen molar-refractivity contribution < 1.29 is 5.11 Å². The third-order valence-corrected chi connectivity index (χ3v) is 2.23. The van der Waals surface area contributed by atoms with E-state index in [9.17, 15) is 9.90 Å². The third kappa shape index (κ3) is 2.46. The highest BCUT2D eigenvalue weighted by Crippen LogP contribution is 1.93. The zero-order chi connectivity index (χ0) is 8.97. The number of aliphatic hydroxyl groups excluding tert-OH is 1. The lowest BCUT2D eigenvalue weighted by Crippen LogP contribution is -2.25. The van der Waals surface area contributed by atoms with E-state index in [1.165, 1.54) is 10.6 Å². The summed E-state index contributed by atoms with van der Waals surface area (Å²) in [7, 11) is 0. The minimum absolute atomic E-state index is 0.0856. The highest BCUT2D eigenvalue weighted by atomic mass is 79.9.